The summed E-state index contributed by atoms with van der Waals surface area (Å²) in [6, 6.07) is 24.0. The summed E-state index contributed by atoms with van der Waals surface area (Å²) < 4.78 is 50.9. The molecule has 0 radical (unpaired) electrons. The van der Waals surface area contributed by atoms with Crippen molar-refractivity contribution in [2.24, 2.45) is 0 Å². The fourth-order valence-corrected chi connectivity index (χ4v) is 6.94. The number of anilines is 1. The first kappa shape index (κ1) is 23.2. The van der Waals surface area contributed by atoms with E-state index in [1.807, 2.05) is 60.7 Å². The summed E-state index contributed by atoms with van der Waals surface area (Å²) in [6.07, 6.45) is 0.260. The van der Waals surface area contributed by atoms with Gasteiger partial charge in [0.1, 0.15) is 0 Å². The number of sulfone groups is 1. The van der Waals surface area contributed by atoms with E-state index in [0.29, 0.717) is 5.69 Å². The number of amides is 1. The molecule has 4 rings (SSSR count). The Morgan fingerprint density at radius 2 is 1.39 bits per heavy atom. The van der Waals surface area contributed by atoms with Gasteiger partial charge in [-0.05, 0) is 41.8 Å². The molecule has 0 spiro atoms. The lowest BCUT2D eigenvalue weighted by Gasteiger charge is -2.18. The number of hydrogen-bond donors (Lipinski definition) is 2. The average Bonchev–Trinajstić information content (AvgIpc) is 3.13. The van der Waals surface area contributed by atoms with Crippen molar-refractivity contribution in [2.75, 3.05) is 16.8 Å². The summed E-state index contributed by atoms with van der Waals surface area (Å²) in [4.78, 5) is 13.2. The van der Waals surface area contributed by atoms with Crippen LogP contribution in [0.5, 0.6) is 0 Å². The maximum Gasteiger partial charge on any atom is 0.240 e. The van der Waals surface area contributed by atoms with Crippen LogP contribution in [0.1, 0.15) is 23.5 Å². The number of benzene rings is 3. The molecule has 2 N–H and O–H groups in total. The molecular weight excluding hydrogens is 460 g/mol. The molecule has 172 valence electrons. The first-order valence-electron chi connectivity index (χ1n) is 10.5. The monoisotopic (exact) mass is 484 g/mol. The van der Waals surface area contributed by atoms with E-state index in [2.05, 4.69) is 10.0 Å². The number of rotatable bonds is 7. The normalized spacial score (nSPS) is 17.7. The van der Waals surface area contributed by atoms with Crippen molar-refractivity contribution in [3.8, 4) is 0 Å². The van der Waals surface area contributed by atoms with Crippen LogP contribution < -0.4 is 10.0 Å². The fourth-order valence-electron chi connectivity index (χ4n) is 3.89. The lowest BCUT2D eigenvalue weighted by molar-refractivity contribution is -0.116. The van der Waals surface area contributed by atoms with Crippen molar-refractivity contribution in [3.63, 3.8) is 0 Å². The van der Waals surface area contributed by atoms with Gasteiger partial charge in [0, 0.05) is 11.7 Å². The predicted octanol–water partition coefficient (Wildman–Crippen LogP) is 2.92. The van der Waals surface area contributed by atoms with Gasteiger partial charge in [-0.25, -0.2) is 21.6 Å². The van der Waals surface area contributed by atoms with Crippen LogP contribution in [-0.4, -0.2) is 40.3 Å². The van der Waals surface area contributed by atoms with Gasteiger partial charge >= 0.3 is 0 Å². The molecule has 7 nitrogen and oxygen atoms in total. The van der Waals surface area contributed by atoms with E-state index in [-0.39, 0.29) is 28.7 Å². The standard InChI is InChI=1S/C24H24N2O5S2/c27-24(23(18-7-3-1-4-8-18)19-9-5-2-6-10-19)25-20-11-13-22(14-12-20)33(30,31)26-21-15-16-32(28,29)17-21/h1-14,21,23,26H,15-17H2,(H,25,27)/t21-/m0/s1. The lowest BCUT2D eigenvalue weighted by Crippen LogP contribution is -2.35. The van der Waals surface area contributed by atoms with Crippen LogP contribution in [0.2, 0.25) is 0 Å². The van der Waals surface area contributed by atoms with Crippen LogP contribution in [0, 0.1) is 0 Å². The van der Waals surface area contributed by atoms with Gasteiger partial charge in [-0.1, -0.05) is 60.7 Å². The number of hydrogen-bond acceptors (Lipinski definition) is 5. The lowest BCUT2D eigenvalue weighted by atomic mass is 9.90. The van der Waals surface area contributed by atoms with Gasteiger partial charge < -0.3 is 5.32 Å². The largest absolute Gasteiger partial charge is 0.325 e. The second kappa shape index (κ2) is 9.46. The highest BCUT2D eigenvalue weighted by molar-refractivity contribution is 7.92. The van der Waals surface area contributed by atoms with Gasteiger partial charge in [-0.3, -0.25) is 4.79 Å². The summed E-state index contributed by atoms with van der Waals surface area (Å²) >= 11 is 0. The fraction of sp³-hybridized carbons (Fsp3) is 0.208. The van der Waals surface area contributed by atoms with Gasteiger partial charge in [0.2, 0.25) is 15.9 Å². The zero-order valence-corrected chi connectivity index (χ0v) is 19.3. The molecule has 1 aliphatic heterocycles. The van der Waals surface area contributed by atoms with E-state index in [1.54, 1.807) is 0 Å². The van der Waals surface area contributed by atoms with Crippen LogP contribution in [-0.2, 0) is 24.7 Å². The van der Waals surface area contributed by atoms with Crippen LogP contribution in [0.25, 0.3) is 0 Å². The van der Waals surface area contributed by atoms with Crippen molar-refractivity contribution in [1.29, 1.82) is 0 Å². The SMILES string of the molecule is O=C(Nc1ccc(S(=O)(=O)N[C@H]2CCS(=O)(=O)C2)cc1)C(c1ccccc1)c1ccccc1. The average molecular weight is 485 g/mol. The van der Waals surface area contributed by atoms with Gasteiger partial charge in [0.25, 0.3) is 0 Å². The van der Waals surface area contributed by atoms with Gasteiger partial charge in [-0.2, -0.15) is 0 Å². The predicted molar refractivity (Wildman–Crippen MR) is 127 cm³/mol. The third-order valence-electron chi connectivity index (χ3n) is 5.51. The van der Waals surface area contributed by atoms with Crippen molar-refractivity contribution in [3.05, 3.63) is 96.1 Å². The Morgan fingerprint density at radius 1 is 0.848 bits per heavy atom. The summed E-state index contributed by atoms with van der Waals surface area (Å²) in [5.74, 6) is -0.977. The van der Waals surface area contributed by atoms with Crippen LogP contribution >= 0.6 is 0 Å². The molecule has 0 unspecified atom stereocenters. The summed E-state index contributed by atoms with van der Waals surface area (Å²) in [6.45, 7) is 0. The minimum Gasteiger partial charge on any atom is -0.325 e. The third kappa shape index (κ3) is 5.68. The van der Waals surface area contributed by atoms with Crippen molar-refractivity contribution in [2.45, 2.75) is 23.3 Å². The highest BCUT2D eigenvalue weighted by Crippen LogP contribution is 2.26. The van der Waals surface area contributed by atoms with E-state index in [9.17, 15) is 21.6 Å². The molecule has 33 heavy (non-hydrogen) atoms. The molecule has 1 heterocycles. The Hall–Kier alpha value is -3.01. The second-order valence-corrected chi connectivity index (χ2v) is 11.9. The minimum absolute atomic E-state index is 0.00691. The topological polar surface area (TPSA) is 109 Å². The number of nitrogens with one attached hydrogen (secondary N) is 2. The third-order valence-corrected chi connectivity index (χ3v) is 8.82. The van der Waals surface area contributed by atoms with Gasteiger partial charge in [0.15, 0.2) is 9.84 Å². The Morgan fingerprint density at radius 3 is 1.88 bits per heavy atom. The second-order valence-electron chi connectivity index (χ2n) is 7.99. The molecule has 1 amide bonds. The molecule has 3 aromatic carbocycles. The molecule has 0 saturated carbocycles. The number of sulfonamides is 1. The highest BCUT2D eigenvalue weighted by atomic mass is 32.2. The molecule has 0 bridgehead atoms. The molecular formula is C24H24N2O5S2. The maximum atomic E-state index is 13.2. The Balaban J connectivity index is 1.50. The smallest absolute Gasteiger partial charge is 0.240 e. The van der Waals surface area contributed by atoms with Crippen molar-refractivity contribution < 1.29 is 21.6 Å². The van der Waals surface area contributed by atoms with E-state index in [0.717, 1.165) is 11.1 Å². The molecule has 0 aliphatic carbocycles. The molecule has 0 aromatic heterocycles. The molecule has 1 saturated heterocycles. The Labute approximate surface area is 193 Å². The first-order chi connectivity index (χ1) is 15.7. The zero-order chi connectivity index (χ0) is 23.5. The van der Waals surface area contributed by atoms with Crippen LogP contribution in [0.3, 0.4) is 0 Å². The molecule has 9 heteroatoms. The molecule has 1 atom stereocenters. The summed E-state index contributed by atoms with van der Waals surface area (Å²) in [7, 11) is -7.07. The number of carbonyl (C=O) groups is 1. The summed E-state index contributed by atoms with van der Waals surface area (Å²) in [5, 5.41) is 2.87. The van der Waals surface area contributed by atoms with E-state index >= 15 is 0 Å². The zero-order valence-electron chi connectivity index (χ0n) is 17.7. The number of carbonyl (C=O) groups excluding carboxylic acids is 1. The van der Waals surface area contributed by atoms with Crippen molar-refractivity contribution in [1.82, 2.24) is 4.72 Å². The Bertz CT molecular complexity index is 1290. The van der Waals surface area contributed by atoms with E-state index in [1.165, 1.54) is 24.3 Å². The van der Waals surface area contributed by atoms with Crippen molar-refractivity contribution >= 4 is 31.5 Å². The van der Waals surface area contributed by atoms with Gasteiger partial charge in [-0.15, -0.1) is 0 Å². The maximum absolute atomic E-state index is 13.2. The summed E-state index contributed by atoms with van der Waals surface area (Å²) in [5.41, 5.74) is 2.14. The van der Waals surface area contributed by atoms with E-state index < -0.39 is 31.8 Å². The molecule has 1 aliphatic rings. The van der Waals surface area contributed by atoms with Crippen LogP contribution in [0.15, 0.2) is 89.8 Å². The van der Waals surface area contributed by atoms with Crippen LogP contribution in [0.4, 0.5) is 5.69 Å². The minimum atomic E-state index is -3.87. The highest BCUT2D eigenvalue weighted by Gasteiger charge is 2.31. The van der Waals surface area contributed by atoms with Gasteiger partial charge in [0.05, 0.1) is 22.3 Å². The molecule has 1 fully saturated rings. The van der Waals surface area contributed by atoms with E-state index in [4.69, 9.17) is 0 Å². The first-order valence-corrected chi connectivity index (χ1v) is 13.8. The Kier molecular flexibility index (Phi) is 6.64. The molecule has 3 aromatic rings. The quantitative estimate of drug-likeness (QED) is 0.536.